The van der Waals surface area contributed by atoms with Gasteiger partial charge in [0, 0.05) is 0 Å². The zero-order chi connectivity index (χ0) is 13.5. The van der Waals surface area contributed by atoms with Crippen LogP contribution in [0.5, 0.6) is 0 Å². The maximum atomic E-state index is 10.5. The Morgan fingerprint density at radius 1 is 1.12 bits per heavy atom. The minimum Gasteiger partial charge on any atom is -0.282 e. The smallest absolute Gasteiger partial charge is 0.282 e. The average Bonchev–Trinajstić information content (AvgIpc) is 2.28. The van der Waals surface area contributed by atoms with Crippen LogP contribution < -0.4 is 0 Å². The van der Waals surface area contributed by atoms with Crippen molar-refractivity contribution in [2.24, 2.45) is 5.92 Å². The Labute approximate surface area is 105 Å². The molecule has 0 bridgehead atoms. The summed E-state index contributed by atoms with van der Waals surface area (Å²) in [6.45, 7) is 8.58. The van der Waals surface area contributed by atoms with Crippen molar-refractivity contribution in [3.05, 3.63) is 29.8 Å². The normalized spacial score (nSPS) is 10.9. The lowest BCUT2D eigenvalue weighted by Gasteiger charge is -1.98. The van der Waals surface area contributed by atoms with Crippen LogP contribution in [0.1, 0.15) is 39.2 Å². The van der Waals surface area contributed by atoms with Crippen molar-refractivity contribution in [1.82, 2.24) is 0 Å². The van der Waals surface area contributed by atoms with Crippen LogP contribution in [0.2, 0.25) is 0 Å². The molecule has 0 aliphatic carbocycles. The zero-order valence-corrected chi connectivity index (χ0v) is 11.8. The molecule has 0 heterocycles. The van der Waals surface area contributed by atoms with Crippen LogP contribution in [0.3, 0.4) is 0 Å². The third kappa shape index (κ3) is 7.13. The van der Waals surface area contributed by atoms with Crippen LogP contribution in [0.25, 0.3) is 0 Å². The van der Waals surface area contributed by atoms with E-state index in [0.29, 0.717) is 0 Å². The van der Waals surface area contributed by atoms with Crippen LogP contribution in [-0.2, 0) is 10.1 Å². The van der Waals surface area contributed by atoms with Crippen LogP contribution in [0, 0.1) is 12.8 Å². The summed E-state index contributed by atoms with van der Waals surface area (Å²) in [6.07, 6.45) is 2.66. The average molecular weight is 258 g/mol. The van der Waals surface area contributed by atoms with Gasteiger partial charge in [-0.15, -0.1) is 0 Å². The summed E-state index contributed by atoms with van der Waals surface area (Å²) >= 11 is 0. The van der Waals surface area contributed by atoms with E-state index in [1.807, 2.05) is 6.92 Å². The van der Waals surface area contributed by atoms with Gasteiger partial charge >= 0.3 is 0 Å². The minimum absolute atomic E-state index is 0.0666. The monoisotopic (exact) mass is 258 g/mol. The molecule has 0 aliphatic heterocycles. The second-order valence-electron chi connectivity index (χ2n) is 4.21. The number of benzene rings is 1. The van der Waals surface area contributed by atoms with Crippen molar-refractivity contribution < 1.29 is 13.0 Å². The van der Waals surface area contributed by atoms with E-state index in [-0.39, 0.29) is 4.90 Å². The summed E-state index contributed by atoms with van der Waals surface area (Å²) < 4.78 is 29.6. The lowest BCUT2D eigenvalue weighted by atomic mass is 10.1. The molecule has 0 amide bonds. The zero-order valence-electron chi connectivity index (χ0n) is 11.0. The van der Waals surface area contributed by atoms with E-state index in [1.54, 1.807) is 12.1 Å². The highest BCUT2D eigenvalue weighted by molar-refractivity contribution is 7.85. The molecule has 0 spiro atoms. The summed E-state index contributed by atoms with van der Waals surface area (Å²) in [7, 11) is -4.02. The number of aryl methyl sites for hydroxylation is 1. The summed E-state index contributed by atoms with van der Waals surface area (Å²) in [6, 6.07) is 5.99. The predicted molar refractivity (Wildman–Crippen MR) is 70.7 cm³/mol. The SMILES string of the molecule is CCC(C)CC.Cc1ccc(S(=O)(=O)O)cc1. The standard InChI is InChI=1S/C7H8O3S.C6H14/c1-6-2-4-7(5-3-6)11(8,9)10;1-4-6(3)5-2/h2-5H,1H3,(H,8,9,10);6H,4-5H2,1-3H3. The molecule has 98 valence electrons. The van der Waals surface area contributed by atoms with Gasteiger partial charge in [0.15, 0.2) is 0 Å². The molecule has 1 rings (SSSR count). The Bertz CT molecular complexity index is 403. The Morgan fingerprint density at radius 2 is 1.53 bits per heavy atom. The van der Waals surface area contributed by atoms with Gasteiger partial charge in [0.2, 0.25) is 0 Å². The first-order chi connectivity index (χ1) is 7.81. The van der Waals surface area contributed by atoms with Gasteiger partial charge in [0.1, 0.15) is 0 Å². The maximum Gasteiger partial charge on any atom is 0.294 e. The van der Waals surface area contributed by atoms with Crippen molar-refractivity contribution in [3.63, 3.8) is 0 Å². The van der Waals surface area contributed by atoms with Gasteiger partial charge < -0.3 is 0 Å². The van der Waals surface area contributed by atoms with Crippen LogP contribution in [-0.4, -0.2) is 13.0 Å². The maximum absolute atomic E-state index is 10.5. The first-order valence-corrected chi connectivity index (χ1v) is 7.29. The van der Waals surface area contributed by atoms with E-state index in [1.165, 1.54) is 25.0 Å². The van der Waals surface area contributed by atoms with Gasteiger partial charge in [-0.05, 0) is 25.0 Å². The molecule has 0 radical (unpaired) electrons. The van der Waals surface area contributed by atoms with Gasteiger partial charge in [0.05, 0.1) is 4.90 Å². The molecule has 0 atom stereocenters. The first-order valence-electron chi connectivity index (χ1n) is 5.85. The van der Waals surface area contributed by atoms with Crippen molar-refractivity contribution in [1.29, 1.82) is 0 Å². The second-order valence-corrected chi connectivity index (χ2v) is 5.63. The molecule has 1 aromatic rings. The lowest BCUT2D eigenvalue weighted by molar-refractivity contribution is 0.483. The molecule has 0 saturated carbocycles. The first kappa shape index (κ1) is 16.1. The highest BCUT2D eigenvalue weighted by Gasteiger charge is 2.06. The van der Waals surface area contributed by atoms with Crippen molar-refractivity contribution in [3.8, 4) is 0 Å². The Kier molecular flexibility index (Phi) is 7.07. The Hall–Kier alpha value is -0.870. The van der Waals surface area contributed by atoms with E-state index < -0.39 is 10.1 Å². The molecule has 3 nitrogen and oxygen atoms in total. The van der Waals surface area contributed by atoms with Gasteiger partial charge in [-0.1, -0.05) is 51.3 Å². The van der Waals surface area contributed by atoms with Gasteiger partial charge in [-0.3, -0.25) is 4.55 Å². The molecule has 0 aromatic heterocycles. The highest BCUT2D eigenvalue weighted by Crippen LogP contribution is 2.08. The molecule has 4 heteroatoms. The van der Waals surface area contributed by atoms with Gasteiger partial charge in [-0.2, -0.15) is 8.42 Å². The summed E-state index contributed by atoms with van der Waals surface area (Å²) in [5.74, 6) is 0.935. The van der Waals surface area contributed by atoms with Crippen LogP contribution >= 0.6 is 0 Å². The molecule has 1 N–H and O–H groups in total. The third-order valence-electron chi connectivity index (χ3n) is 2.71. The van der Waals surface area contributed by atoms with E-state index in [0.717, 1.165) is 11.5 Å². The molecule has 0 fully saturated rings. The van der Waals surface area contributed by atoms with Crippen molar-refractivity contribution in [2.45, 2.75) is 45.4 Å². The minimum atomic E-state index is -4.02. The molecule has 0 unspecified atom stereocenters. The Morgan fingerprint density at radius 3 is 1.76 bits per heavy atom. The van der Waals surface area contributed by atoms with E-state index >= 15 is 0 Å². The Balaban J connectivity index is 0.000000366. The number of hydrogen-bond acceptors (Lipinski definition) is 2. The fraction of sp³-hybridized carbons (Fsp3) is 0.538. The molecule has 0 aliphatic rings. The van der Waals surface area contributed by atoms with Gasteiger partial charge in [-0.25, -0.2) is 0 Å². The van der Waals surface area contributed by atoms with E-state index in [4.69, 9.17) is 4.55 Å². The predicted octanol–water partition coefficient (Wildman–Crippen LogP) is 3.68. The van der Waals surface area contributed by atoms with E-state index in [9.17, 15) is 8.42 Å². The van der Waals surface area contributed by atoms with E-state index in [2.05, 4.69) is 20.8 Å². The molecule has 17 heavy (non-hydrogen) atoms. The largest absolute Gasteiger partial charge is 0.294 e. The quantitative estimate of drug-likeness (QED) is 0.841. The molecular formula is C13H22O3S. The van der Waals surface area contributed by atoms with Crippen molar-refractivity contribution in [2.75, 3.05) is 0 Å². The summed E-state index contributed by atoms with van der Waals surface area (Å²) in [5.41, 5.74) is 0.956. The lowest BCUT2D eigenvalue weighted by Crippen LogP contribution is -1.96. The fourth-order valence-electron chi connectivity index (χ4n) is 0.999. The summed E-state index contributed by atoms with van der Waals surface area (Å²) in [5, 5.41) is 0. The second kappa shape index (κ2) is 7.45. The highest BCUT2D eigenvalue weighted by atomic mass is 32.2. The topological polar surface area (TPSA) is 54.4 Å². The van der Waals surface area contributed by atoms with Crippen molar-refractivity contribution >= 4 is 10.1 Å². The number of hydrogen-bond donors (Lipinski definition) is 1. The fourth-order valence-corrected chi connectivity index (χ4v) is 1.48. The molecular weight excluding hydrogens is 236 g/mol. The van der Waals surface area contributed by atoms with Crippen LogP contribution in [0.4, 0.5) is 0 Å². The molecule has 0 saturated heterocycles. The summed E-state index contributed by atoms with van der Waals surface area (Å²) in [4.78, 5) is -0.0666. The molecule has 1 aromatic carbocycles. The van der Waals surface area contributed by atoms with Crippen LogP contribution in [0.15, 0.2) is 29.2 Å². The number of rotatable bonds is 3. The third-order valence-corrected chi connectivity index (χ3v) is 3.58. The van der Waals surface area contributed by atoms with Gasteiger partial charge in [0.25, 0.3) is 10.1 Å².